The molecule has 2 heterocycles. The second-order valence-electron chi connectivity index (χ2n) is 6.54. The number of fused-ring (bicyclic) bond motifs is 1. The molecule has 29 heavy (non-hydrogen) atoms. The van der Waals surface area contributed by atoms with Crippen molar-refractivity contribution in [3.8, 4) is 0 Å². The molecule has 3 aromatic rings. The van der Waals surface area contributed by atoms with Gasteiger partial charge in [-0.25, -0.2) is 9.79 Å². The van der Waals surface area contributed by atoms with Gasteiger partial charge in [-0.05, 0) is 36.3 Å². The van der Waals surface area contributed by atoms with Crippen molar-refractivity contribution in [1.82, 2.24) is 4.57 Å². The van der Waals surface area contributed by atoms with E-state index >= 15 is 0 Å². The predicted octanol–water partition coefficient (Wildman–Crippen LogP) is 3.06. The first kappa shape index (κ1) is 19.4. The smallest absolute Gasteiger partial charge is 0.338 e. The average molecular weight is 425 g/mol. The van der Waals surface area contributed by atoms with Gasteiger partial charge in [-0.2, -0.15) is 0 Å². The highest BCUT2D eigenvalue weighted by Crippen LogP contribution is 2.30. The van der Waals surface area contributed by atoms with Gasteiger partial charge in [-0.3, -0.25) is 9.36 Å². The highest BCUT2D eigenvalue weighted by molar-refractivity contribution is 7.07. The summed E-state index contributed by atoms with van der Waals surface area (Å²) < 4.78 is 7.10. The average Bonchev–Trinajstić information content (AvgIpc) is 3.03. The fourth-order valence-corrected chi connectivity index (χ4v) is 4.53. The van der Waals surface area contributed by atoms with Gasteiger partial charge in [0.05, 0.1) is 29.0 Å². The van der Waals surface area contributed by atoms with Crippen molar-refractivity contribution in [3.63, 3.8) is 0 Å². The van der Waals surface area contributed by atoms with Crippen molar-refractivity contribution in [1.29, 1.82) is 0 Å². The molecule has 0 saturated carbocycles. The number of carbonyl (C=O) groups excluding carboxylic acids is 1. The molecule has 7 heteroatoms. The number of carbonyl (C=O) groups is 1. The van der Waals surface area contributed by atoms with Gasteiger partial charge in [-0.15, -0.1) is 0 Å². The standard InChI is InChI=1S/C22H17ClN2O3S/c1-13-18(21(27)28-2)19(15-6-4-3-5-7-15)25-20(26)17(29-22(25)24-13)12-14-8-10-16(23)11-9-14/h3-12,19H,1-2H3/t19-/m1/s1. The first-order valence-corrected chi connectivity index (χ1v) is 10.1. The summed E-state index contributed by atoms with van der Waals surface area (Å²) in [5.74, 6) is -0.493. The van der Waals surface area contributed by atoms with Crippen LogP contribution in [0.1, 0.15) is 24.1 Å². The largest absolute Gasteiger partial charge is 0.466 e. The maximum atomic E-state index is 13.3. The molecule has 146 valence electrons. The van der Waals surface area contributed by atoms with Gasteiger partial charge in [0.1, 0.15) is 0 Å². The molecule has 1 aliphatic rings. The molecule has 0 bridgehead atoms. The van der Waals surface area contributed by atoms with Crippen LogP contribution in [0, 0.1) is 0 Å². The van der Waals surface area contributed by atoms with Crippen LogP contribution in [0.5, 0.6) is 0 Å². The molecule has 0 radical (unpaired) electrons. The summed E-state index contributed by atoms with van der Waals surface area (Å²) in [4.78, 5) is 30.9. The van der Waals surface area contributed by atoms with Crippen molar-refractivity contribution in [2.45, 2.75) is 13.0 Å². The highest BCUT2D eigenvalue weighted by Gasteiger charge is 2.32. The molecule has 4 rings (SSSR count). The SMILES string of the molecule is COC(=O)C1=C(C)N=c2sc(=Cc3ccc(Cl)cc3)c(=O)n2[C@@H]1c1ccccc1. The molecule has 1 atom stereocenters. The topological polar surface area (TPSA) is 60.7 Å². The van der Waals surface area contributed by atoms with E-state index in [1.165, 1.54) is 18.4 Å². The van der Waals surface area contributed by atoms with Crippen LogP contribution in [-0.2, 0) is 9.53 Å². The maximum absolute atomic E-state index is 13.3. The number of ether oxygens (including phenoxy) is 1. The van der Waals surface area contributed by atoms with Gasteiger partial charge in [0.25, 0.3) is 5.56 Å². The number of hydrogen-bond acceptors (Lipinski definition) is 5. The third kappa shape index (κ3) is 3.57. The van der Waals surface area contributed by atoms with E-state index in [1.807, 2.05) is 42.5 Å². The Balaban J connectivity index is 1.97. The summed E-state index contributed by atoms with van der Waals surface area (Å²) in [6.07, 6.45) is 1.80. The van der Waals surface area contributed by atoms with Crippen molar-refractivity contribution in [3.05, 3.63) is 102 Å². The Morgan fingerprint density at radius 2 is 1.86 bits per heavy atom. The van der Waals surface area contributed by atoms with Crippen LogP contribution in [0.4, 0.5) is 0 Å². The van der Waals surface area contributed by atoms with E-state index in [9.17, 15) is 9.59 Å². The molecule has 0 N–H and O–H groups in total. The molecule has 1 aliphatic heterocycles. The Bertz CT molecular complexity index is 1290. The first-order valence-electron chi connectivity index (χ1n) is 8.91. The van der Waals surface area contributed by atoms with Gasteiger partial charge >= 0.3 is 5.97 Å². The number of benzene rings is 2. The van der Waals surface area contributed by atoms with E-state index in [2.05, 4.69) is 4.99 Å². The zero-order chi connectivity index (χ0) is 20.5. The molecule has 0 unspecified atom stereocenters. The molecule has 5 nitrogen and oxygen atoms in total. The number of thiazole rings is 1. The van der Waals surface area contributed by atoms with Crippen LogP contribution < -0.4 is 14.9 Å². The summed E-state index contributed by atoms with van der Waals surface area (Å²) in [7, 11) is 1.33. The Morgan fingerprint density at radius 1 is 1.17 bits per heavy atom. The molecule has 0 aliphatic carbocycles. The molecule has 2 aromatic carbocycles. The Labute approximate surface area is 175 Å². The summed E-state index contributed by atoms with van der Waals surface area (Å²) in [5, 5.41) is 0.631. The minimum Gasteiger partial charge on any atom is -0.466 e. The highest BCUT2D eigenvalue weighted by atomic mass is 35.5. The molecule has 0 fully saturated rings. The third-order valence-electron chi connectivity index (χ3n) is 4.71. The quantitative estimate of drug-likeness (QED) is 0.607. The number of rotatable bonds is 3. The number of halogens is 1. The number of nitrogens with zero attached hydrogens (tertiary/aromatic N) is 2. The lowest BCUT2D eigenvalue weighted by Crippen LogP contribution is -2.39. The Kier molecular flexibility index (Phi) is 5.22. The van der Waals surface area contributed by atoms with Gasteiger partial charge < -0.3 is 4.74 Å². The van der Waals surface area contributed by atoms with Crippen LogP contribution >= 0.6 is 22.9 Å². The number of esters is 1. The monoisotopic (exact) mass is 424 g/mol. The minimum absolute atomic E-state index is 0.202. The van der Waals surface area contributed by atoms with Crippen molar-refractivity contribution >= 4 is 35.0 Å². The van der Waals surface area contributed by atoms with Gasteiger partial charge in [0.2, 0.25) is 0 Å². The van der Waals surface area contributed by atoms with Crippen LogP contribution in [0.2, 0.25) is 5.02 Å². The van der Waals surface area contributed by atoms with Gasteiger partial charge in [0.15, 0.2) is 4.80 Å². The lowest BCUT2D eigenvalue weighted by atomic mass is 9.96. The summed E-state index contributed by atoms with van der Waals surface area (Å²) in [5.41, 5.74) is 2.39. The van der Waals surface area contributed by atoms with Crippen LogP contribution in [0.3, 0.4) is 0 Å². The number of methoxy groups -OCH3 is 1. The second kappa shape index (κ2) is 7.81. The van der Waals surface area contributed by atoms with E-state index in [4.69, 9.17) is 16.3 Å². The van der Waals surface area contributed by atoms with Crippen molar-refractivity contribution in [2.75, 3.05) is 7.11 Å². The summed E-state index contributed by atoms with van der Waals surface area (Å²) in [6, 6.07) is 16.1. The molecule has 0 saturated heterocycles. The number of hydrogen-bond donors (Lipinski definition) is 0. The normalized spacial score (nSPS) is 16.4. The van der Waals surface area contributed by atoms with Gasteiger partial charge in [-0.1, -0.05) is 65.4 Å². The molecule has 0 spiro atoms. The predicted molar refractivity (Wildman–Crippen MR) is 114 cm³/mol. The Hall–Kier alpha value is -2.96. The fourth-order valence-electron chi connectivity index (χ4n) is 3.35. The molecular weight excluding hydrogens is 408 g/mol. The Morgan fingerprint density at radius 3 is 2.52 bits per heavy atom. The van der Waals surface area contributed by atoms with Crippen LogP contribution in [0.15, 0.2) is 75.7 Å². The fraction of sp³-hybridized carbons (Fsp3) is 0.136. The molecule has 1 aromatic heterocycles. The van der Waals surface area contributed by atoms with Crippen LogP contribution in [-0.4, -0.2) is 17.6 Å². The molecule has 0 amide bonds. The van der Waals surface area contributed by atoms with Crippen molar-refractivity contribution in [2.24, 2.45) is 4.99 Å². The third-order valence-corrected chi connectivity index (χ3v) is 5.94. The first-order chi connectivity index (χ1) is 14.0. The minimum atomic E-state index is -0.590. The zero-order valence-electron chi connectivity index (χ0n) is 15.8. The van der Waals surface area contributed by atoms with E-state index in [0.717, 1.165) is 11.1 Å². The number of allylic oxidation sites excluding steroid dienone is 1. The molecular formula is C22H17ClN2O3S. The van der Waals surface area contributed by atoms with Crippen molar-refractivity contribution < 1.29 is 9.53 Å². The lowest BCUT2D eigenvalue weighted by molar-refractivity contribution is -0.136. The number of aromatic nitrogens is 1. The zero-order valence-corrected chi connectivity index (χ0v) is 17.3. The van der Waals surface area contributed by atoms with Gasteiger partial charge in [0, 0.05) is 5.02 Å². The summed E-state index contributed by atoms with van der Waals surface area (Å²) >= 11 is 7.24. The van der Waals surface area contributed by atoms with Crippen LogP contribution in [0.25, 0.3) is 6.08 Å². The summed E-state index contributed by atoms with van der Waals surface area (Å²) in [6.45, 7) is 1.76. The van der Waals surface area contributed by atoms with E-state index in [-0.39, 0.29) is 5.56 Å². The van der Waals surface area contributed by atoms with E-state index < -0.39 is 12.0 Å². The maximum Gasteiger partial charge on any atom is 0.338 e. The second-order valence-corrected chi connectivity index (χ2v) is 7.98. The van der Waals surface area contributed by atoms with E-state index in [1.54, 1.807) is 29.7 Å². The lowest BCUT2D eigenvalue weighted by Gasteiger charge is -2.24. The van der Waals surface area contributed by atoms with E-state index in [0.29, 0.717) is 25.6 Å².